The predicted molar refractivity (Wildman–Crippen MR) is 111 cm³/mol. The van der Waals surface area contributed by atoms with Crippen LogP contribution >= 0.6 is 0 Å². The van der Waals surface area contributed by atoms with Gasteiger partial charge < -0.3 is 12.7 Å². The summed E-state index contributed by atoms with van der Waals surface area (Å²) in [6, 6.07) is 0. The molecule has 0 aliphatic rings. The predicted octanol–water partition coefficient (Wildman–Crippen LogP) is -1.02. The van der Waals surface area contributed by atoms with E-state index in [2.05, 4.69) is 6.92 Å². The van der Waals surface area contributed by atoms with E-state index >= 15 is 0 Å². The van der Waals surface area contributed by atoms with E-state index in [9.17, 15) is 18.0 Å². The Labute approximate surface area is 270 Å². The van der Waals surface area contributed by atoms with Gasteiger partial charge in [-0.15, -0.1) is 0 Å². The number of carboxylic acids is 1. The molecule has 0 saturated heterocycles. The number of carboxylic acid groups (broad SMARTS) is 1. The minimum absolute atomic E-state index is 0. The second-order valence-electron chi connectivity index (χ2n) is 7.37. The van der Waals surface area contributed by atoms with Gasteiger partial charge in [0.15, 0.2) is 5.25 Å². The summed E-state index contributed by atoms with van der Waals surface area (Å²) in [5.41, 5.74) is 0. The van der Waals surface area contributed by atoms with E-state index < -0.39 is 33.7 Å². The van der Waals surface area contributed by atoms with Crippen LogP contribution in [0.4, 0.5) is 0 Å². The first-order valence-electron chi connectivity index (χ1n) is 10.6. The number of hydrogen-bond donors (Lipinski definition) is 2. The van der Waals surface area contributed by atoms with Gasteiger partial charge in [0, 0.05) is 0 Å². The third-order valence-electron chi connectivity index (χ3n) is 4.72. The third-order valence-corrected chi connectivity index (χ3v) is 5.80. The molecule has 1 atom stereocenters. The van der Waals surface area contributed by atoms with Gasteiger partial charge in [-0.2, -0.15) is 8.42 Å². The average Bonchev–Trinajstić information content (AvgIpc) is 2.61. The van der Waals surface area contributed by atoms with Crippen molar-refractivity contribution >= 4 is 22.1 Å². The molecule has 0 fully saturated rings. The van der Waals surface area contributed by atoms with Crippen molar-refractivity contribution in [2.45, 2.75) is 108 Å². The van der Waals surface area contributed by atoms with Crippen LogP contribution in [0.1, 0.15) is 106 Å². The maximum atomic E-state index is 11.6. The molecular formula is C20H40K2O7S. The molecule has 0 aromatic carbocycles. The van der Waals surface area contributed by atoms with Crippen LogP contribution in [0.15, 0.2) is 0 Å². The van der Waals surface area contributed by atoms with Crippen LogP contribution in [-0.4, -0.2) is 41.9 Å². The second kappa shape index (κ2) is 24.3. The van der Waals surface area contributed by atoms with E-state index in [0.29, 0.717) is 6.42 Å². The fourth-order valence-corrected chi connectivity index (χ4v) is 3.70. The molecule has 0 aliphatic heterocycles. The molecule has 0 saturated carbocycles. The molecule has 1 unspecified atom stereocenters. The minimum Gasteiger partial charge on any atom is -1.00 e. The Morgan fingerprint density at radius 1 is 0.800 bits per heavy atom. The molecule has 0 aromatic heterocycles. The van der Waals surface area contributed by atoms with Gasteiger partial charge in [-0.05, 0) is 6.42 Å². The minimum atomic E-state index is -4.79. The molecule has 2 N–H and O–H groups in total. The molecular weight excluding hydrogens is 462 g/mol. The number of aliphatic carboxylic acids is 1. The van der Waals surface area contributed by atoms with E-state index in [1.54, 1.807) is 0 Å². The monoisotopic (exact) mass is 502 g/mol. The van der Waals surface area contributed by atoms with Crippen LogP contribution < -0.4 is 103 Å². The summed E-state index contributed by atoms with van der Waals surface area (Å²) in [5, 5.41) is 6.56. The largest absolute Gasteiger partial charge is 1.00 e. The fourth-order valence-electron chi connectivity index (χ4n) is 3.03. The summed E-state index contributed by atoms with van der Waals surface area (Å²) in [4.78, 5) is 22.2. The Kier molecular flexibility index (Phi) is 29.7. The smallest absolute Gasteiger partial charge is 1.00 e. The van der Waals surface area contributed by atoms with E-state index in [0.717, 1.165) is 19.3 Å². The molecule has 0 amide bonds. The van der Waals surface area contributed by atoms with E-state index in [1.807, 2.05) is 0 Å². The van der Waals surface area contributed by atoms with Crippen molar-refractivity contribution in [2.75, 3.05) is 6.61 Å². The van der Waals surface area contributed by atoms with Crippen LogP contribution in [0.3, 0.4) is 0 Å². The number of hydrogen-bond acceptors (Lipinski definition) is 5. The van der Waals surface area contributed by atoms with Gasteiger partial charge in [0.1, 0.15) is 0 Å². The van der Waals surface area contributed by atoms with Crippen molar-refractivity contribution < 1.29 is 138 Å². The maximum absolute atomic E-state index is 11.6. The molecule has 30 heavy (non-hydrogen) atoms. The van der Waals surface area contributed by atoms with Gasteiger partial charge in [0.2, 0.25) is 0 Å². The van der Waals surface area contributed by atoms with Gasteiger partial charge in [-0.1, -0.05) is 90.4 Å². The van der Waals surface area contributed by atoms with E-state index in [-0.39, 0.29) is 112 Å². The van der Waals surface area contributed by atoms with Crippen LogP contribution in [0.2, 0.25) is 0 Å². The van der Waals surface area contributed by atoms with Gasteiger partial charge >= 0.3 is 115 Å². The zero-order chi connectivity index (χ0) is 21.3. The van der Waals surface area contributed by atoms with Crippen LogP contribution in [-0.2, 0) is 24.4 Å². The van der Waals surface area contributed by atoms with Gasteiger partial charge in [0.05, 0.1) is 13.0 Å². The van der Waals surface area contributed by atoms with Gasteiger partial charge in [-0.25, -0.2) is 0 Å². The number of ether oxygens (including phenoxy) is 1. The number of carbonyl (C=O) groups excluding carboxylic acids is 1. The number of esters is 1. The molecule has 0 rings (SSSR count). The third kappa shape index (κ3) is 23.3. The number of carbonyl (C=O) groups is 2. The molecule has 170 valence electrons. The van der Waals surface area contributed by atoms with Crippen molar-refractivity contribution in [3.05, 3.63) is 0 Å². The van der Waals surface area contributed by atoms with Crippen LogP contribution in [0, 0.1) is 0 Å². The zero-order valence-electron chi connectivity index (χ0n) is 21.2. The van der Waals surface area contributed by atoms with Crippen LogP contribution in [0.25, 0.3) is 0 Å². The van der Waals surface area contributed by atoms with E-state index in [4.69, 9.17) is 14.4 Å². The van der Waals surface area contributed by atoms with Crippen molar-refractivity contribution in [2.24, 2.45) is 0 Å². The Bertz CT molecular complexity index is 538. The zero-order valence-corrected chi connectivity index (χ0v) is 26.3. The Balaban J connectivity index is -0.000000607. The molecule has 0 radical (unpaired) electrons. The fraction of sp³-hybridized carbons (Fsp3) is 0.900. The Morgan fingerprint density at radius 2 is 1.17 bits per heavy atom. The average molecular weight is 503 g/mol. The standard InChI is InChI=1S/C20H38O7S.2K.2H/c1-2-3-4-5-6-7-8-9-10-11-12-13-14-15-16-27-20(23)18(17-19(21)22)28(24,25)26;;;;/h18H,2-17H2,1H3,(H,21,22)(H,24,25,26);;;;/q;2*+1;2*-1. The van der Waals surface area contributed by atoms with Gasteiger partial charge in [0.25, 0.3) is 10.1 Å². The molecule has 10 heteroatoms. The van der Waals surface area contributed by atoms with E-state index in [1.165, 1.54) is 64.2 Å². The molecule has 0 aromatic rings. The first kappa shape index (κ1) is 36.7. The SMILES string of the molecule is CCCCCCCCCCCCCCCCOC(=O)C(CC(=O)O)S(=O)(=O)O.[H-].[H-].[K+].[K+]. The summed E-state index contributed by atoms with van der Waals surface area (Å²) in [6.07, 6.45) is 15.7. The van der Waals surface area contributed by atoms with Crippen molar-refractivity contribution in [1.82, 2.24) is 0 Å². The quantitative estimate of drug-likeness (QED) is 0.100. The van der Waals surface area contributed by atoms with Gasteiger partial charge in [-0.3, -0.25) is 14.1 Å². The summed E-state index contributed by atoms with van der Waals surface area (Å²) < 4.78 is 35.8. The topological polar surface area (TPSA) is 118 Å². The number of rotatable bonds is 19. The summed E-state index contributed by atoms with van der Waals surface area (Å²) in [5.74, 6) is -2.70. The molecule has 0 bridgehead atoms. The summed E-state index contributed by atoms with van der Waals surface area (Å²) in [7, 11) is -4.79. The first-order chi connectivity index (χ1) is 13.3. The second-order valence-corrected chi connectivity index (χ2v) is 8.96. The Morgan fingerprint density at radius 3 is 1.50 bits per heavy atom. The Hall–Kier alpha value is 2.12. The number of unbranched alkanes of at least 4 members (excludes halogenated alkanes) is 13. The van der Waals surface area contributed by atoms with Crippen molar-refractivity contribution in [3.8, 4) is 0 Å². The molecule has 0 heterocycles. The first-order valence-corrected chi connectivity index (χ1v) is 12.1. The summed E-state index contributed by atoms with van der Waals surface area (Å²) in [6.45, 7) is 2.26. The van der Waals surface area contributed by atoms with Crippen molar-refractivity contribution in [3.63, 3.8) is 0 Å². The summed E-state index contributed by atoms with van der Waals surface area (Å²) >= 11 is 0. The van der Waals surface area contributed by atoms with Crippen molar-refractivity contribution in [1.29, 1.82) is 0 Å². The van der Waals surface area contributed by atoms with Crippen LogP contribution in [0.5, 0.6) is 0 Å². The molecule has 0 aliphatic carbocycles. The molecule has 7 nitrogen and oxygen atoms in total. The molecule has 0 spiro atoms. The maximum Gasteiger partial charge on any atom is 1.00 e. The normalized spacial score (nSPS) is 11.8.